The van der Waals surface area contributed by atoms with Crippen molar-refractivity contribution in [2.24, 2.45) is 5.92 Å². The minimum atomic E-state index is -0.572. The standard InChI is InChI=1S/C20H22N2O3S/c23-18-11-15(20(25-18)9-5-2-6-10-20)19(24)21-12-17-22-16(13-26-17)14-7-3-1-4-8-14/h1,3-4,7-8,13,15H,2,5-6,9-12H2,(H,21,24)/t15-/m1/s1. The molecule has 1 amide bonds. The molecule has 1 aromatic carbocycles. The highest BCUT2D eigenvalue weighted by Crippen LogP contribution is 2.44. The monoisotopic (exact) mass is 370 g/mol. The quantitative estimate of drug-likeness (QED) is 0.834. The Morgan fingerprint density at radius 1 is 1.23 bits per heavy atom. The van der Waals surface area contributed by atoms with Crippen molar-refractivity contribution in [2.45, 2.75) is 50.7 Å². The van der Waals surface area contributed by atoms with Crippen LogP contribution in [0.4, 0.5) is 0 Å². The molecule has 0 radical (unpaired) electrons. The van der Waals surface area contributed by atoms with Gasteiger partial charge >= 0.3 is 5.97 Å². The Kier molecular flexibility index (Phi) is 4.76. The minimum Gasteiger partial charge on any atom is -0.458 e. The summed E-state index contributed by atoms with van der Waals surface area (Å²) in [5, 5.41) is 5.84. The molecule has 6 heteroatoms. The lowest BCUT2D eigenvalue weighted by Crippen LogP contribution is -2.45. The summed E-state index contributed by atoms with van der Waals surface area (Å²) in [5.74, 6) is -0.703. The zero-order chi connectivity index (χ0) is 18.0. The van der Waals surface area contributed by atoms with E-state index in [1.807, 2.05) is 35.7 Å². The van der Waals surface area contributed by atoms with Gasteiger partial charge in [0.15, 0.2) is 0 Å². The van der Waals surface area contributed by atoms with Gasteiger partial charge in [-0.1, -0.05) is 36.8 Å². The molecule has 4 rings (SSSR count). The molecule has 1 aromatic heterocycles. The van der Waals surface area contributed by atoms with Crippen LogP contribution in [0.25, 0.3) is 11.3 Å². The number of hydrogen-bond donors (Lipinski definition) is 1. The Morgan fingerprint density at radius 2 is 2.00 bits per heavy atom. The van der Waals surface area contributed by atoms with Crippen LogP contribution in [0, 0.1) is 5.92 Å². The highest BCUT2D eigenvalue weighted by molar-refractivity contribution is 7.09. The first-order valence-electron chi connectivity index (χ1n) is 9.16. The van der Waals surface area contributed by atoms with Gasteiger partial charge in [-0.25, -0.2) is 4.98 Å². The second kappa shape index (κ2) is 7.19. The molecule has 2 aliphatic rings. The second-order valence-electron chi connectivity index (χ2n) is 7.07. The molecule has 2 heterocycles. The first kappa shape index (κ1) is 17.2. The third kappa shape index (κ3) is 3.38. The van der Waals surface area contributed by atoms with Crippen LogP contribution in [0.3, 0.4) is 0 Å². The summed E-state index contributed by atoms with van der Waals surface area (Å²) >= 11 is 1.53. The van der Waals surface area contributed by atoms with Crippen molar-refractivity contribution in [1.29, 1.82) is 0 Å². The molecule has 2 aromatic rings. The van der Waals surface area contributed by atoms with E-state index in [2.05, 4.69) is 10.3 Å². The number of aromatic nitrogens is 1. The fraction of sp³-hybridized carbons (Fsp3) is 0.450. The number of carbonyl (C=O) groups excluding carboxylic acids is 2. The van der Waals surface area contributed by atoms with Crippen molar-refractivity contribution in [2.75, 3.05) is 0 Å². The van der Waals surface area contributed by atoms with Crippen molar-refractivity contribution in [3.63, 3.8) is 0 Å². The van der Waals surface area contributed by atoms with Gasteiger partial charge in [-0.2, -0.15) is 0 Å². The van der Waals surface area contributed by atoms with E-state index >= 15 is 0 Å². The van der Waals surface area contributed by atoms with Gasteiger partial charge in [0.1, 0.15) is 10.6 Å². The predicted molar refractivity (Wildman–Crippen MR) is 99.4 cm³/mol. The smallest absolute Gasteiger partial charge is 0.307 e. The fourth-order valence-corrected chi connectivity index (χ4v) is 4.79. The van der Waals surface area contributed by atoms with Gasteiger partial charge in [0.05, 0.1) is 24.6 Å². The molecule has 1 N–H and O–H groups in total. The largest absolute Gasteiger partial charge is 0.458 e. The molecule has 1 atom stereocenters. The third-order valence-electron chi connectivity index (χ3n) is 5.37. The lowest BCUT2D eigenvalue weighted by atomic mass is 9.75. The zero-order valence-corrected chi connectivity index (χ0v) is 15.4. The molecule has 1 spiro atoms. The Hall–Kier alpha value is -2.21. The number of nitrogens with one attached hydrogen (secondary N) is 1. The van der Waals surface area contributed by atoms with Crippen LogP contribution in [-0.4, -0.2) is 22.5 Å². The van der Waals surface area contributed by atoms with Gasteiger partial charge in [-0.3, -0.25) is 9.59 Å². The molecular formula is C20H22N2O3S. The first-order valence-corrected chi connectivity index (χ1v) is 10.0. The Bertz CT molecular complexity index is 796. The number of rotatable bonds is 4. The van der Waals surface area contributed by atoms with Crippen molar-refractivity contribution < 1.29 is 14.3 Å². The van der Waals surface area contributed by atoms with Gasteiger partial charge in [-0.15, -0.1) is 11.3 Å². The molecular weight excluding hydrogens is 348 g/mol. The lowest BCUT2D eigenvalue weighted by Gasteiger charge is -2.35. The van der Waals surface area contributed by atoms with Crippen LogP contribution in [0.15, 0.2) is 35.7 Å². The van der Waals surface area contributed by atoms with Gasteiger partial charge in [-0.05, 0) is 25.7 Å². The van der Waals surface area contributed by atoms with Crippen LogP contribution in [0.1, 0.15) is 43.5 Å². The van der Waals surface area contributed by atoms with Gasteiger partial charge in [0.25, 0.3) is 0 Å². The predicted octanol–water partition coefficient (Wildman–Crippen LogP) is 3.69. The number of hydrogen-bond acceptors (Lipinski definition) is 5. The summed E-state index contributed by atoms with van der Waals surface area (Å²) in [5.41, 5.74) is 1.41. The zero-order valence-electron chi connectivity index (χ0n) is 14.6. The van der Waals surface area contributed by atoms with Crippen LogP contribution < -0.4 is 5.32 Å². The van der Waals surface area contributed by atoms with E-state index < -0.39 is 5.60 Å². The lowest BCUT2D eigenvalue weighted by molar-refractivity contribution is -0.153. The van der Waals surface area contributed by atoms with Crippen LogP contribution in [0.5, 0.6) is 0 Å². The van der Waals surface area contributed by atoms with Gasteiger partial charge < -0.3 is 10.1 Å². The molecule has 0 unspecified atom stereocenters. The number of benzene rings is 1. The third-order valence-corrected chi connectivity index (χ3v) is 6.22. The summed E-state index contributed by atoms with van der Waals surface area (Å²) in [7, 11) is 0. The molecule has 0 bridgehead atoms. The van der Waals surface area contributed by atoms with E-state index in [0.717, 1.165) is 48.4 Å². The van der Waals surface area contributed by atoms with Gasteiger partial charge in [0.2, 0.25) is 5.91 Å². The number of carbonyl (C=O) groups is 2. The highest BCUT2D eigenvalue weighted by atomic mass is 32.1. The maximum Gasteiger partial charge on any atom is 0.307 e. The summed E-state index contributed by atoms with van der Waals surface area (Å²) in [4.78, 5) is 29.2. The maximum absolute atomic E-state index is 12.7. The van der Waals surface area contributed by atoms with E-state index in [0.29, 0.717) is 6.54 Å². The second-order valence-corrected chi connectivity index (χ2v) is 8.01. The van der Waals surface area contributed by atoms with E-state index in [1.165, 1.54) is 11.3 Å². The Labute approximate surface area is 156 Å². The minimum absolute atomic E-state index is 0.0887. The maximum atomic E-state index is 12.7. The van der Waals surface area contributed by atoms with Crippen molar-refractivity contribution in [1.82, 2.24) is 10.3 Å². The first-order chi connectivity index (χ1) is 12.7. The average Bonchev–Trinajstić information content (AvgIpc) is 3.26. The fourth-order valence-electron chi connectivity index (χ4n) is 4.04. The molecule has 1 saturated carbocycles. The van der Waals surface area contributed by atoms with E-state index in [4.69, 9.17) is 4.74 Å². The normalized spacial score (nSPS) is 21.5. The molecule has 1 aliphatic heterocycles. The summed E-state index contributed by atoms with van der Waals surface area (Å²) in [6.07, 6.45) is 4.97. The molecule has 26 heavy (non-hydrogen) atoms. The summed E-state index contributed by atoms with van der Waals surface area (Å²) in [6.45, 7) is 0.386. The Morgan fingerprint density at radius 3 is 2.77 bits per heavy atom. The van der Waals surface area contributed by atoms with Crippen LogP contribution in [-0.2, 0) is 20.9 Å². The molecule has 2 fully saturated rings. The topological polar surface area (TPSA) is 68.3 Å². The number of ether oxygens (including phenoxy) is 1. The number of amides is 1. The van der Waals surface area contributed by atoms with E-state index in [9.17, 15) is 9.59 Å². The number of esters is 1. The summed E-state index contributed by atoms with van der Waals surface area (Å²) < 4.78 is 5.62. The van der Waals surface area contributed by atoms with Crippen molar-refractivity contribution >= 4 is 23.2 Å². The summed E-state index contributed by atoms with van der Waals surface area (Å²) in [6, 6.07) is 9.98. The highest BCUT2D eigenvalue weighted by Gasteiger charge is 2.52. The van der Waals surface area contributed by atoms with E-state index in [-0.39, 0.29) is 24.2 Å². The Balaban J connectivity index is 1.41. The number of nitrogens with zero attached hydrogens (tertiary/aromatic N) is 1. The molecule has 1 aliphatic carbocycles. The molecule has 1 saturated heterocycles. The number of thiazole rings is 1. The van der Waals surface area contributed by atoms with Crippen LogP contribution in [0.2, 0.25) is 0 Å². The molecule has 136 valence electrons. The van der Waals surface area contributed by atoms with Crippen molar-refractivity contribution in [3.8, 4) is 11.3 Å². The molecule has 5 nitrogen and oxygen atoms in total. The van der Waals surface area contributed by atoms with Crippen molar-refractivity contribution in [3.05, 3.63) is 40.7 Å². The van der Waals surface area contributed by atoms with Crippen LogP contribution >= 0.6 is 11.3 Å². The average molecular weight is 370 g/mol. The van der Waals surface area contributed by atoms with E-state index in [1.54, 1.807) is 0 Å². The van der Waals surface area contributed by atoms with Gasteiger partial charge in [0, 0.05) is 10.9 Å². The SMILES string of the molecule is O=C1C[C@H](C(=O)NCc2nc(-c3ccccc3)cs2)C2(CCCCC2)O1.